The third-order valence-corrected chi connectivity index (χ3v) is 3.11. The van der Waals surface area contributed by atoms with Crippen LogP contribution in [0.15, 0.2) is 18.2 Å². The Balaban J connectivity index is 2.19. The number of benzene rings is 1. The molecule has 0 aliphatic rings. The summed E-state index contributed by atoms with van der Waals surface area (Å²) in [5.74, 6) is 0.857. The first-order valence-electron chi connectivity index (χ1n) is 7.00. The van der Waals surface area contributed by atoms with Crippen LogP contribution in [0.25, 0.3) is 11.0 Å². The van der Waals surface area contributed by atoms with Gasteiger partial charge in [-0.3, -0.25) is 4.79 Å². The van der Waals surface area contributed by atoms with Gasteiger partial charge >= 0.3 is 0 Å². The summed E-state index contributed by atoms with van der Waals surface area (Å²) in [5.41, 5.74) is 2.76. The van der Waals surface area contributed by atoms with Crippen LogP contribution in [0.1, 0.15) is 26.1 Å². The molecule has 2 aromatic rings. The number of nitrogens with one attached hydrogen (secondary N) is 1. The smallest absolute Gasteiger partial charge is 0.250 e. The fraction of sp³-hybridized carbons (Fsp3) is 0.467. The predicted octanol–water partition coefficient (Wildman–Crippen LogP) is 2.73. The van der Waals surface area contributed by atoms with Crippen molar-refractivity contribution in [2.24, 2.45) is 0 Å². The summed E-state index contributed by atoms with van der Waals surface area (Å²) in [6.45, 7) is 7.59. The highest BCUT2D eigenvalue weighted by atomic mass is 16.5. The number of hydrogen-bond donors (Lipinski definition) is 1. The third kappa shape index (κ3) is 3.17. The van der Waals surface area contributed by atoms with Crippen LogP contribution in [0.4, 0.5) is 5.69 Å². The predicted molar refractivity (Wildman–Crippen MR) is 79.9 cm³/mol. The molecule has 20 heavy (non-hydrogen) atoms. The van der Waals surface area contributed by atoms with Crippen molar-refractivity contribution in [2.75, 3.05) is 18.5 Å². The molecule has 1 aromatic heterocycles. The lowest BCUT2D eigenvalue weighted by molar-refractivity contribution is -0.120. The molecule has 0 atom stereocenters. The lowest BCUT2D eigenvalue weighted by Gasteiger charge is -2.06. The van der Waals surface area contributed by atoms with E-state index in [-0.39, 0.29) is 12.5 Å². The van der Waals surface area contributed by atoms with E-state index in [1.54, 1.807) is 0 Å². The van der Waals surface area contributed by atoms with Crippen LogP contribution in [-0.4, -0.2) is 28.7 Å². The summed E-state index contributed by atoms with van der Waals surface area (Å²) in [5, 5.41) is 2.82. The van der Waals surface area contributed by atoms with Crippen molar-refractivity contribution in [2.45, 2.75) is 33.7 Å². The molecular weight excluding hydrogens is 254 g/mol. The first-order valence-corrected chi connectivity index (χ1v) is 7.00. The quantitative estimate of drug-likeness (QED) is 0.882. The van der Waals surface area contributed by atoms with Crippen molar-refractivity contribution in [3.05, 3.63) is 24.0 Å². The molecule has 1 amide bonds. The number of imidazole rings is 1. The molecule has 5 heteroatoms. The first-order chi connectivity index (χ1) is 9.65. The van der Waals surface area contributed by atoms with Crippen LogP contribution >= 0.6 is 0 Å². The summed E-state index contributed by atoms with van der Waals surface area (Å²) in [6, 6.07) is 5.80. The SMILES string of the molecule is CCCn1c(C)nc2cc(NC(=O)COCC)ccc21. The molecule has 0 aliphatic carbocycles. The van der Waals surface area contributed by atoms with E-state index in [1.807, 2.05) is 32.0 Å². The molecular formula is C15H21N3O2. The van der Waals surface area contributed by atoms with Crippen LogP contribution in [0.3, 0.4) is 0 Å². The maximum atomic E-state index is 11.6. The molecule has 1 heterocycles. The summed E-state index contributed by atoms with van der Waals surface area (Å²) >= 11 is 0. The van der Waals surface area contributed by atoms with E-state index >= 15 is 0 Å². The summed E-state index contributed by atoms with van der Waals surface area (Å²) in [7, 11) is 0. The summed E-state index contributed by atoms with van der Waals surface area (Å²) < 4.78 is 7.27. The average Bonchev–Trinajstić information content (AvgIpc) is 2.73. The number of rotatable bonds is 6. The van der Waals surface area contributed by atoms with E-state index < -0.39 is 0 Å². The van der Waals surface area contributed by atoms with Gasteiger partial charge in [0.1, 0.15) is 12.4 Å². The number of hydrogen-bond acceptors (Lipinski definition) is 3. The molecule has 2 rings (SSSR count). The van der Waals surface area contributed by atoms with Crippen molar-refractivity contribution >= 4 is 22.6 Å². The standard InChI is InChI=1S/C15H21N3O2/c1-4-8-18-11(3)16-13-9-12(6-7-14(13)18)17-15(19)10-20-5-2/h6-7,9H,4-5,8,10H2,1-3H3,(H,17,19). The van der Waals surface area contributed by atoms with Gasteiger partial charge in [0.25, 0.3) is 0 Å². The monoisotopic (exact) mass is 275 g/mol. The Hall–Kier alpha value is -1.88. The van der Waals surface area contributed by atoms with E-state index in [0.717, 1.165) is 35.5 Å². The second-order valence-corrected chi connectivity index (χ2v) is 4.70. The number of aromatic nitrogens is 2. The molecule has 5 nitrogen and oxygen atoms in total. The zero-order valence-corrected chi connectivity index (χ0v) is 12.3. The van der Waals surface area contributed by atoms with Gasteiger partial charge in [-0.15, -0.1) is 0 Å². The molecule has 0 spiro atoms. The Bertz CT molecular complexity index is 604. The highest BCUT2D eigenvalue weighted by Gasteiger charge is 2.08. The molecule has 0 saturated carbocycles. The molecule has 1 N–H and O–H groups in total. The van der Waals surface area contributed by atoms with Crippen LogP contribution < -0.4 is 5.32 Å². The minimum atomic E-state index is -0.143. The Kier molecular flexibility index (Phi) is 4.74. The van der Waals surface area contributed by atoms with Gasteiger partial charge in [0, 0.05) is 18.8 Å². The molecule has 1 aromatic carbocycles. The van der Waals surface area contributed by atoms with Crippen LogP contribution in [0.2, 0.25) is 0 Å². The van der Waals surface area contributed by atoms with Crippen molar-refractivity contribution in [1.29, 1.82) is 0 Å². The van der Waals surface area contributed by atoms with Crippen molar-refractivity contribution < 1.29 is 9.53 Å². The van der Waals surface area contributed by atoms with Gasteiger partial charge in [0.2, 0.25) is 5.91 Å². The second-order valence-electron chi connectivity index (χ2n) is 4.70. The first kappa shape index (κ1) is 14.5. The highest BCUT2D eigenvalue weighted by Crippen LogP contribution is 2.20. The van der Waals surface area contributed by atoms with Gasteiger partial charge in [-0.05, 0) is 38.5 Å². The fourth-order valence-corrected chi connectivity index (χ4v) is 2.23. The molecule has 0 fully saturated rings. The molecule has 0 radical (unpaired) electrons. The average molecular weight is 275 g/mol. The number of carbonyl (C=O) groups is 1. The largest absolute Gasteiger partial charge is 0.372 e. The lowest BCUT2D eigenvalue weighted by Crippen LogP contribution is -2.18. The Morgan fingerprint density at radius 2 is 2.20 bits per heavy atom. The van der Waals surface area contributed by atoms with E-state index in [0.29, 0.717) is 6.61 Å². The summed E-state index contributed by atoms with van der Waals surface area (Å²) in [4.78, 5) is 16.2. The maximum Gasteiger partial charge on any atom is 0.250 e. The number of anilines is 1. The molecule has 0 aliphatic heterocycles. The normalized spacial score (nSPS) is 10.9. The van der Waals surface area contributed by atoms with Gasteiger partial charge < -0.3 is 14.6 Å². The third-order valence-electron chi connectivity index (χ3n) is 3.11. The zero-order chi connectivity index (χ0) is 14.5. The van der Waals surface area contributed by atoms with Gasteiger partial charge in [-0.2, -0.15) is 0 Å². The Morgan fingerprint density at radius 1 is 1.40 bits per heavy atom. The van der Waals surface area contributed by atoms with Crippen LogP contribution in [0, 0.1) is 6.92 Å². The van der Waals surface area contributed by atoms with Gasteiger partial charge in [-0.1, -0.05) is 6.92 Å². The lowest BCUT2D eigenvalue weighted by atomic mass is 10.2. The maximum absolute atomic E-state index is 11.6. The molecule has 0 unspecified atom stereocenters. The van der Waals surface area contributed by atoms with Gasteiger partial charge in [0.05, 0.1) is 11.0 Å². The number of carbonyl (C=O) groups excluding carboxylic acids is 1. The molecule has 108 valence electrons. The van der Waals surface area contributed by atoms with Crippen LogP contribution in [0.5, 0.6) is 0 Å². The Labute approximate surface area is 118 Å². The fourth-order valence-electron chi connectivity index (χ4n) is 2.23. The van der Waals surface area contributed by atoms with Crippen molar-refractivity contribution in [3.63, 3.8) is 0 Å². The second kappa shape index (κ2) is 6.52. The minimum absolute atomic E-state index is 0.0812. The van der Waals surface area contributed by atoms with Gasteiger partial charge in [-0.25, -0.2) is 4.98 Å². The Morgan fingerprint density at radius 3 is 2.90 bits per heavy atom. The van der Waals surface area contributed by atoms with E-state index in [4.69, 9.17) is 4.74 Å². The van der Waals surface area contributed by atoms with Crippen molar-refractivity contribution in [1.82, 2.24) is 9.55 Å². The number of amides is 1. The molecule has 0 saturated heterocycles. The topological polar surface area (TPSA) is 56.2 Å². The van der Waals surface area contributed by atoms with Crippen LogP contribution in [-0.2, 0) is 16.1 Å². The number of nitrogens with zero attached hydrogens (tertiary/aromatic N) is 2. The summed E-state index contributed by atoms with van der Waals surface area (Å²) in [6.07, 6.45) is 1.07. The molecule has 0 bridgehead atoms. The highest BCUT2D eigenvalue weighted by molar-refractivity contribution is 5.93. The van der Waals surface area contributed by atoms with E-state index in [1.165, 1.54) is 0 Å². The number of aryl methyl sites for hydroxylation is 2. The van der Waals surface area contributed by atoms with Gasteiger partial charge in [0.15, 0.2) is 0 Å². The zero-order valence-electron chi connectivity index (χ0n) is 12.3. The number of fused-ring (bicyclic) bond motifs is 1. The number of ether oxygens (including phenoxy) is 1. The van der Waals surface area contributed by atoms with E-state index in [2.05, 4.69) is 21.8 Å². The van der Waals surface area contributed by atoms with E-state index in [9.17, 15) is 4.79 Å². The minimum Gasteiger partial charge on any atom is -0.372 e. The van der Waals surface area contributed by atoms with Crippen molar-refractivity contribution in [3.8, 4) is 0 Å².